The van der Waals surface area contributed by atoms with E-state index < -0.39 is 12.1 Å². The quantitative estimate of drug-likeness (QED) is 0.562. The number of hydrogen-bond acceptors (Lipinski definition) is 2. The maximum atomic E-state index is 10.4. The molecule has 0 radical (unpaired) electrons. The number of carboxylic acid groups (broad SMARTS) is 1. The molecule has 0 aromatic rings. The summed E-state index contributed by atoms with van der Waals surface area (Å²) in [6.07, 6.45) is 0.858. The van der Waals surface area contributed by atoms with Gasteiger partial charge in [0, 0.05) is 0 Å². The standard InChI is InChI=1S/C7H12O3/c1-4-5(7(9)10)2-3-6(4)8/h4-6,8H,2-3H2,1H3,(H,9,10). The van der Waals surface area contributed by atoms with E-state index in [1.807, 2.05) is 0 Å². The summed E-state index contributed by atoms with van der Waals surface area (Å²) in [6.45, 7) is 1.79. The molecule has 0 saturated heterocycles. The van der Waals surface area contributed by atoms with Gasteiger partial charge in [-0.1, -0.05) is 6.92 Å². The molecule has 2 N–H and O–H groups in total. The van der Waals surface area contributed by atoms with Gasteiger partial charge >= 0.3 is 5.97 Å². The zero-order valence-corrected chi connectivity index (χ0v) is 5.95. The Morgan fingerprint density at radius 1 is 1.50 bits per heavy atom. The summed E-state index contributed by atoms with van der Waals surface area (Å²) < 4.78 is 0. The number of carbonyl (C=O) groups is 1. The SMILES string of the molecule is CC1C(O)CCC1C(=O)O. The first-order valence-corrected chi connectivity index (χ1v) is 3.54. The Labute approximate surface area is 59.7 Å². The lowest BCUT2D eigenvalue weighted by atomic mass is 9.97. The zero-order valence-electron chi connectivity index (χ0n) is 5.95. The summed E-state index contributed by atoms with van der Waals surface area (Å²) in [5, 5.41) is 17.7. The first-order valence-electron chi connectivity index (χ1n) is 3.54. The Morgan fingerprint density at radius 2 is 2.10 bits per heavy atom. The molecule has 0 heterocycles. The van der Waals surface area contributed by atoms with Crippen LogP contribution < -0.4 is 0 Å². The second kappa shape index (κ2) is 2.58. The maximum absolute atomic E-state index is 10.4. The van der Waals surface area contributed by atoms with E-state index >= 15 is 0 Å². The van der Waals surface area contributed by atoms with Crippen molar-refractivity contribution in [1.82, 2.24) is 0 Å². The molecule has 3 atom stereocenters. The molecule has 0 spiro atoms. The number of rotatable bonds is 1. The summed E-state index contributed by atoms with van der Waals surface area (Å²) in [6, 6.07) is 0. The molecule has 3 nitrogen and oxygen atoms in total. The van der Waals surface area contributed by atoms with Crippen LogP contribution in [0.1, 0.15) is 19.8 Å². The highest BCUT2D eigenvalue weighted by Gasteiger charge is 2.35. The van der Waals surface area contributed by atoms with Crippen LogP contribution in [0.5, 0.6) is 0 Å². The van der Waals surface area contributed by atoms with Crippen LogP contribution >= 0.6 is 0 Å². The van der Waals surface area contributed by atoms with Crippen LogP contribution in [0.3, 0.4) is 0 Å². The minimum absolute atomic E-state index is 0.0718. The Hall–Kier alpha value is -0.570. The predicted octanol–water partition coefficient (Wildman–Crippen LogP) is 0.478. The van der Waals surface area contributed by atoms with E-state index in [4.69, 9.17) is 10.2 Å². The van der Waals surface area contributed by atoms with Crippen LogP contribution in [0.15, 0.2) is 0 Å². The first kappa shape index (κ1) is 7.54. The van der Waals surface area contributed by atoms with Crippen molar-refractivity contribution in [2.24, 2.45) is 11.8 Å². The van der Waals surface area contributed by atoms with Crippen LogP contribution in [0, 0.1) is 11.8 Å². The fraction of sp³-hybridized carbons (Fsp3) is 0.857. The van der Waals surface area contributed by atoms with Crippen LogP contribution in [0.4, 0.5) is 0 Å². The van der Waals surface area contributed by atoms with Crippen molar-refractivity contribution in [2.45, 2.75) is 25.9 Å². The van der Waals surface area contributed by atoms with E-state index in [9.17, 15) is 4.79 Å². The first-order chi connectivity index (χ1) is 4.63. The number of aliphatic hydroxyl groups is 1. The van der Waals surface area contributed by atoms with E-state index in [1.54, 1.807) is 6.92 Å². The molecule has 0 aromatic carbocycles. The molecule has 1 fully saturated rings. The molecule has 10 heavy (non-hydrogen) atoms. The minimum atomic E-state index is -0.774. The molecule has 3 unspecified atom stereocenters. The van der Waals surface area contributed by atoms with E-state index in [1.165, 1.54) is 0 Å². The average molecular weight is 144 g/mol. The van der Waals surface area contributed by atoms with Gasteiger partial charge < -0.3 is 10.2 Å². The van der Waals surface area contributed by atoms with Gasteiger partial charge in [0.2, 0.25) is 0 Å². The lowest BCUT2D eigenvalue weighted by molar-refractivity contribution is -0.143. The van der Waals surface area contributed by atoms with Gasteiger partial charge in [-0.3, -0.25) is 4.79 Å². The topological polar surface area (TPSA) is 57.5 Å². The Morgan fingerprint density at radius 3 is 2.30 bits per heavy atom. The number of aliphatic carboxylic acids is 1. The monoisotopic (exact) mass is 144 g/mol. The third kappa shape index (κ3) is 1.14. The molecule has 58 valence electrons. The molecule has 0 amide bonds. The molecular formula is C7H12O3. The summed E-state index contributed by atoms with van der Waals surface area (Å²) in [5.74, 6) is -1.17. The summed E-state index contributed by atoms with van der Waals surface area (Å²) in [5.41, 5.74) is 0. The van der Waals surface area contributed by atoms with Gasteiger partial charge in [0.05, 0.1) is 12.0 Å². The van der Waals surface area contributed by atoms with Gasteiger partial charge in [-0.25, -0.2) is 0 Å². The van der Waals surface area contributed by atoms with E-state index in [-0.39, 0.29) is 11.8 Å². The van der Waals surface area contributed by atoms with Gasteiger partial charge in [-0.2, -0.15) is 0 Å². The lowest BCUT2D eigenvalue weighted by Gasteiger charge is -2.11. The lowest BCUT2D eigenvalue weighted by Crippen LogP contribution is -2.21. The van der Waals surface area contributed by atoms with E-state index in [0.29, 0.717) is 12.8 Å². The van der Waals surface area contributed by atoms with Crippen molar-refractivity contribution < 1.29 is 15.0 Å². The van der Waals surface area contributed by atoms with Gasteiger partial charge in [0.1, 0.15) is 0 Å². The van der Waals surface area contributed by atoms with Gasteiger partial charge in [0.15, 0.2) is 0 Å². The van der Waals surface area contributed by atoms with Gasteiger partial charge in [0.25, 0.3) is 0 Å². The third-order valence-electron chi connectivity index (χ3n) is 2.33. The van der Waals surface area contributed by atoms with E-state index in [0.717, 1.165) is 0 Å². The van der Waals surface area contributed by atoms with Crippen molar-refractivity contribution in [3.63, 3.8) is 0 Å². The molecule has 0 aromatic heterocycles. The summed E-state index contributed by atoms with van der Waals surface area (Å²) in [7, 11) is 0. The Kier molecular flexibility index (Phi) is 1.94. The number of aliphatic hydroxyl groups excluding tert-OH is 1. The molecule has 1 rings (SSSR count). The average Bonchev–Trinajstić information content (AvgIpc) is 2.14. The minimum Gasteiger partial charge on any atom is -0.481 e. The second-order valence-corrected chi connectivity index (χ2v) is 2.95. The summed E-state index contributed by atoms with van der Waals surface area (Å²) in [4.78, 5) is 10.4. The van der Waals surface area contributed by atoms with Crippen LogP contribution in [0.25, 0.3) is 0 Å². The molecule has 0 aliphatic heterocycles. The molecule has 1 saturated carbocycles. The number of carboxylic acids is 1. The fourth-order valence-electron chi connectivity index (χ4n) is 1.49. The van der Waals surface area contributed by atoms with Crippen molar-refractivity contribution in [2.75, 3.05) is 0 Å². The van der Waals surface area contributed by atoms with Crippen molar-refractivity contribution in [3.05, 3.63) is 0 Å². The van der Waals surface area contributed by atoms with Crippen LogP contribution in [-0.2, 0) is 4.79 Å². The van der Waals surface area contributed by atoms with Gasteiger partial charge in [-0.05, 0) is 18.8 Å². The van der Waals surface area contributed by atoms with Crippen molar-refractivity contribution in [3.8, 4) is 0 Å². The highest BCUT2D eigenvalue weighted by Crippen LogP contribution is 2.31. The van der Waals surface area contributed by atoms with E-state index in [2.05, 4.69) is 0 Å². The van der Waals surface area contributed by atoms with Gasteiger partial charge in [-0.15, -0.1) is 0 Å². The predicted molar refractivity (Wildman–Crippen MR) is 35.5 cm³/mol. The Bertz CT molecular complexity index is 144. The normalized spacial score (nSPS) is 40.0. The molecule has 1 aliphatic carbocycles. The summed E-state index contributed by atoms with van der Waals surface area (Å²) >= 11 is 0. The highest BCUT2D eigenvalue weighted by molar-refractivity contribution is 5.70. The second-order valence-electron chi connectivity index (χ2n) is 2.95. The van der Waals surface area contributed by atoms with Crippen molar-refractivity contribution >= 4 is 5.97 Å². The Balaban J connectivity index is 2.57. The number of hydrogen-bond donors (Lipinski definition) is 2. The third-order valence-corrected chi connectivity index (χ3v) is 2.33. The van der Waals surface area contributed by atoms with Crippen LogP contribution in [0.2, 0.25) is 0 Å². The largest absolute Gasteiger partial charge is 0.481 e. The molecular weight excluding hydrogens is 132 g/mol. The molecule has 3 heteroatoms. The highest BCUT2D eigenvalue weighted by atomic mass is 16.4. The van der Waals surface area contributed by atoms with Crippen molar-refractivity contribution in [1.29, 1.82) is 0 Å². The maximum Gasteiger partial charge on any atom is 0.306 e. The zero-order chi connectivity index (χ0) is 7.72. The fourth-order valence-corrected chi connectivity index (χ4v) is 1.49. The van der Waals surface area contributed by atoms with Crippen LogP contribution in [-0.4, -0.2) is 22.3 Å². The molecule has 1 aliphatic rings. The smallest absolute Gasteiger partial charge is 0.306 e. The molecule has 0 bridgehead atoms.